The number of amidine groups is 1. The molecule has 0 aromatic heterocycles. The number of carbonyl (C=O) groups is 1. The van der Waals surface area contributed by atoms with E-state index >= 15 is 0 Å². The van der Waals surface area contributed by atoms with E-state index in [0.717, 1.165) is 36.7 Å². The number of carboxylic acids is 1. The molecule has 1 aliphatic heterocycles. The summed E-state index contributed by atoms with van der Waals surface area (Å²) in [6.07, 6.45) is 6.64. The zero-order valence-electron chi connectivity index (χ0n) is 14.3. The monoisotopic (exact) mass is 373 g/mol. The first kappa shape index (κ1) is 19.1. The first-order valence-corrected chi connectivity index (χ1v) is 9.31. The van der Waals surface area contributed by atoms with Crippen molar-refractivity contribution in [2.24, 2.45) is 4.99 Å². The van der Waals surface area contributed by atoms with E-state index in [-0.39, 0.29) is 12.0 Å². The largest absolute Gasteiger partial charge is 0.481 e. The molecular formula is C17H25Cl2N3O2. The summed E-state index contributed by atoms with van der Waals surface area (Å²) in [7, 11) is 2.04. The number of hydrogen-bond acceptors (Lipinski definition) is 4. The number of hydrogen-bond donors (Lipinski definition) is 1. The Kier molecular flexibility index (Phi) is 6.58. The van der Waals surface area contributed by atoms with E-state index in [1.807, 2.05) is 7.05 Å². The Bertz CT molecular complexity index is 568. The molecule has 0 radical (unpaired) electrons. The molecule has 1 atom stereocenters. The van der Waals surface area contributed by atoms with E-state index in [0.29, 0.717) is 24.6 Å². The van der Waals surface area contributed by atoms with Crippen LogP contribution < -0.4 is 0 Å². The Morgan fingerprint density at radius 3 is 2.67 bits per heavy atom. The predicted molar refractivity (Wildman–Crippen MR) is 98.9 cm³/mol. The molecule has 1 heterocycles. The lowest BCUT2D eigenvalue weighted by Gasteiger charge is -2.38. The molecule has 5 nitrogen and oxygen atoms in total. The Labute approximate surface area is 153 Å². The molecule has 0 aromatic carbocycles. The Balaban J connectivity index is 2.15. The van der Waals surface area contributed by atoms with Crippen molar-refractivity contribution >= 4 is 35.0 Å². The number of halogens is 2. The Morgan fingerprint density at radius 2 is 2.08 bits per heavy atom. The lowest BCUT2D eigenvalue weighted by Crippen LogP contribution is -2.44. The molecule has 2 rings (SSSR count). The van der Waals surface area contributed by atoms with Gasteiger partial charge in [-0.1, -0.05) is 6.08 Å². The van der Waals surface area contributed by atoms with Crippen LogP contribution in [-0.2, 0) is 4.79 Å². The molecule has 7 heteroatoms. The van der Waals surface area contributed by atoms with Crippen molar-refractivity contribution in [3.05, 3.63) is 23.5 Å². The minimum atomic E-state index is -0.763. The fraction of sp³-hybridized carbons (Fsp3) is 0.647. The van der Waals surface area contributed by atoms with Gasteiger partial charge in [-0.25, -0.2) is 4.99 Å². The van der Waals surface area contributed by atoms with Gasteiger partial charge < -0.3 is 14.9 Å². The van der Waals surface area contributed by atoms with Crippen LogP contribution in [0.15, 0.2) is 28.5 Å². The molecule has 1 N–H and O–H groups in total. The van der Waals surface area contributed by atoms with Crippen molar-refractivity contribution in [2.75, 3.05) is 31.9 Å². The molecule has 2 aliphatic rings. The number of rotatable bonds is 9. The van der Waals surface area contributed by atoms with Gasteiger partial charge in [-0.2, -0.15) is 0 Å². The topological polar surface area (TPSA) is 56.1 Å². The zero-order valence-corrected chi connectivity index (χ0v) is 15.8. The number of likely N-dealkylation sites (N-methyl/N-ethyl adjacent to an activating group) is 1. The fourth-order valence-corrected chi connectivity index (χ4v) is 3.55. The highest BCUT2D eigenvalue weighted by Crippen LogP contribution is 2.39. The van der Waals surface area contributed by atoms with Gasteiger partial charge in [-0.05, 0) is 25.8 Å². The molecule has 24 heavy (non-hydrogen) atoms. The van der Waals surface area contributed by atoms with E-state index < -0.39 is 5.97 Å². The van der Waals surface area contributed by atoms with E-state index in [9.17, 15) is 4.79 Å². The summed E-state index contributed by atoms with van der Waals surface area (Å²) in [6.45, 7) is 3.69. The second kappa shape index (κ2) is 8.26. The summed E-state index contributed by atoms with van der Waals surface area (Å²) in [5, 5.41) is 8.81. The summed E-state index contributed by atoms with van der Waals surface area (Å²) in [5.74, 6) is 1.30. The number of allylic oxidation sites excluding steroid dienone is 1. The molecular weight excluding hydrogens is 349 g/mol. The van der Waals surface area contributed by atoms with E-state index in [2.05, 4.69) is 28.9 Å². The minimum absolute atomic E-state index is 0.157. The molecule has 1 unspecified atom stereocenters. The number of carboxylic acid groups (broad SMARTS) is 1. The van der Waals surface area contributed by atoms with E-state index in [1.54, 1.807) is 0 Å². The quantitative estimate of drug-likeness (QED) is 0.630. The molecule has 0 saturated carbocycles. The van der Waals surface area contributed by atoms with Crippen molar-refractivity contribution in [1.82, 2.24) is 9.80 Å². The summed E-state index contributed by atoms with van der Waals surface area (Å²) in [4.78, 5) is 19.9. The van der Waals surface area contributed by atoms with Gasteiger partial charge in [-0.15, -0.1) is 23.2 Å². The highest BCUT2D eigenvalue weighted by molar-refractivity contribution is 6.18. The normalized spacial score (nSPS) is 22.7. The highest BCUT2D eigenvalue weighted by Gasteiger charge is 2.41. The molecule has 0 aromatic rings. The maximum absolute atomic E-state index is 10.7. The average molecular weight is 374 g/mol. The summed E-state index contributed by atoms with van der Waals surface area (Å²) in [6, 6.07) is 0. The van der Waals surface area contributed by atoms with Gasteiger partial charge in [0.05, 0.1) is 11.2 Å². The molecule has 0 saturated heterocycles. The second-order valence-electron chi connectivity index (χ2n) is 6.34. The van der Waals surface area contributed by atoms with Crippen LogP contribution in [0.25, 0.3) is 0 Å². The molecule has 1 aliphatic carbocycles. The summed E-state index contributed by atoms with van der Waals surface area (Å²) in [5.41, 5.74) is 1.99. The predicted octanol–water partition coefficient (Wildman–Crippen LogP) is 3.30. The molecule has 0 amide bonds. The van der Waals surface area contributed by atoms with Crippen LogP contribution in [0.3, 0.4) is 0 Å². The van der Waals surface area contributed by atoms with Crippen molar-refractivity contribution in [1.29, 1.82) is 0 Å². The van der Waals surface area contributed by atoms with Crippen molar-refractivity contribution in [2.45, 2.75) is 38.1 Å². The maximum Gasteiger partial charge on any atom is 0.303 e. The van der Waals surface area contributed by atoms with Crippen molar-refractivity contribution in [3.8, 4) is 0 Å². The summed E-state index contributed by atoms with van der Waals surface area (Å²) < 4.78 is 0. The van der Waals surface area contributed by atoms with Gasteiger partial charge in [0.2, 0.25) is 0 Å². The van der Waals surface area contributed by atoms with Crippen LogP contribution in [0, 0.1) is 0 Å². The standard InChI is InChI=1S/C17H25Cl2N3O2/c1-17-7-6-13(22(10-8-18)11-9-19)12-14(17)20-15(21(17)2)4-3-5-16(23)24/h6,12H,3-5,7-11H2,1-2H3,(H,23,24). The smallest absolute Gasteiger partial charge is 0.303 e. The number of fused-ring (bicyclic) bond motifs is 1. The fourth-order valence-electron chi connectivity index (χ4n) is 3.14. The zero-order chi connectivity index (χ0) is 17.7. The minimum Gasteiger partial charge on any atom is -0.481 e. The van der Waals surface area contributed by atoms with Crippen molar-refractivity contribution < 1.29 is 9.90 Å². The van der Waals surface area contributed by atoms with E-state index in [4.69, 9.17) is 33.3 Å². The van der Waals surface area contributed by atoms with Crippen molar-refractivity contribution in [3.63, 3.8) is 0 Å². The number of nitrogens with zero attached hydrogens (tertiary/aromatic N) is 3. The van der Waals surface area contributed by atoms with Crippen LogP contribution >= 0.6 is 23.2 Å². The first-order chi connectivity index (χ1) is 11.4. The van der Waals surface area contributed by atoms with Crippen LogP contribution in [-0.4, -0.2) is 64.1 Å². The van der Waals surface area contributed by atoms with Gasteiger partial charge >= 0.3 is 5.97 Å². The Morgan fingerprint density at radius 1 is 1.42 bits per heavy atom. The van der Waals surface area contributed by atoms with Crippen LogP contribution in [0.5, 0.6) is 0 Å². The molecule has 134 valence electrons. The average Bonchev–Trinajstić information content (AvgIpc) is 2.78. The second-order valence-corrected chi connectivity index (χ2v) is 7.09. The maximum atomic E-state index is 10.7. The first-order valence-electron chi connectivity index (χ1n) is 8.24. The van der Waals surface area contributed by atoms with Gasteiger partial charge in [0.15, 0.2) is 0 Å². The van der Waals surface area contributed by atoms with Gasteiger partial charge in [0.25, 0.3) is 0 Å². The third-order valence-electron chi connectivity index (χ3n) is 4.79. The SMILES string of the molecule is CN1C(CCCC(=O)O)=NC2=CC(N(CCCl)CCCl)=CCC21C. The number of aliphatic carboxylic acids is 1. The Hall–Kier alpha value is -1.20. The van der Waals surface area contributed by atoms with Gasteiger partial charge in [0, 0.05) is 50.4 Å². The molecule has 0 bridgehead atoms. The number of alkyl halides is 2. The van der Waals surface area contributed by atoms with Crippen LogP contribution in [0.2, 0.25) is 0 Å². The molecule has 0 spiro atoms. The lowest BCUT2D eigenvalue weighted by molar-refractivity contribution is -0.137. The van der Waals surface area contributed by atoms with Gasteiger partial charge in [0.1, 0.15) is 5.84 Å². The third-order valence-corrected chi connectivity index (χ3v) is 5.13. The van der Waals surface area contributed by atoms with E-state index in [1.165, 1.54) is 0 Å². The lowest BCUT2D eigenvalue weighted by atomic mass is 9.88. The number of aliphatic imine (C=N–C) groups is 1. The summed E-state index contributed by atoms with van der Waals surface area (Å²) >= 11 is 11.8. The highest BCUT2D eigenvalue weighted by atomic mass is 35.5. The van der Waals surface area contributed by atoms with Crippen LogP contribution in [0.1, 0.15) is 32.6 Å². The molecule has 0 fully saturated rings. The van der Waals surface area contributed by atoms with Gasteiger partial charge in [-0.3, -0.25) is 4.79 Å². The van der Waals surface area contributed by atoms with Crippen LogP contribution in [0.4, 0.5) is 0 Å². The third kappa shape index (κ3) is 4.06.